The molecule has 1 aromatic heterocycles. The summed E-state index contributed by atoms with van der Waals surface area (Å²) in [5, 5.41) is 97.9. The lowest BCUT2D eigenvalue weighted by molar-refractivity contribution is -0.185. The van der Waals surface area contributed by atoms with E-state index in [0.717, 1.165) is 125 Å². The largest absolute Gasteiger partial charge is 0.504 e. The summed E-state index contributed by atoms with van der Waals surface area (Å²) in [6.07, 6.45) is 18.9. The van der Waals surface area contributed by atoms with Gasteiger partial charge in [0.05, 0.1) is 37.9 Å². The molecule has 14 bridgehead atoms. The number of nitrogens with zero attached hydrogens (tertiary/aromatic N) is 1. The molecule has 11 aliphatic carbocycles. The Morgan fingerprint density at radius 2 is 1.53 bits per heavy atom. The second kappa shape index (κ2) is 22.0. The second-order valence-electron chi connectivity index (χ2n) is 34.0. The number of allylic oxidation sites excluding steroid dienone is 5. The first kappa shape index (κ1) is 61.5. The zero-order valence-corrected chi connectivity index (χ0v) is 57.3. The summed E-state index contributed by atoms with van der Waals surface area (Å²) >= 11 is 0. The van der Waals surface area contributed by atoms with E-state index < -0.39 is 82.7 Å². The topological polar surface area (TPSA) is 185 Å². The van der Waals surface area contributed by atoms with Crippen molar-refractivity contribution in [2.45, 2.75) is 181 Å². The lowest BCUT2D eigenvalue weighted by atomic mass is 9.27. The third kappa shape index (κ3) is 8.25. The summed E-state index contributed by atoms with van der Waals surface area (Å²) in [5.41, 5.74) is 13.3. The summed E-state index contributed by atoms with van der Waals surface area (Å²) in [4.78, 5) is 17.8. The minimum absolute atomic E-state index is 0.0103. The molecule has 0 amide bonds. The van der Waals surface area contributed by atoms with Crippen LogP contribution in [-0.4, -0.2) is 83.6 Å². The number of benzene rings is 6. The summed E-state index contributed by atoms with van der Waals surface area (Å²) in [6, 6.07) is 39.2. The van der Waals surface area contributed by atoms with E-state index in [1.165, 1.54) is 29.5 Å². The average molecular weight is 1340 g/mol. The molecule has 22 unspecified atom stereocenters. The molecule has 2 aliphatic heterocycles. The Balaban J connectivity index is 0.935. The van der Waals surface area contributed by atoms with E-state index in [9.17, 15) is 30.6 Å². The maximum Gasteiger partial charge on any atom is 0.160 e. The minimum Gasteiger partial charge on any atom is -0.504 e. The van der Waals surface area contributed by atoms with Crippen LogP contribution in [0.15, 0.2) is 157 Å². The van der Waals surface area contributed by atoms with Gasteiger partial charge in [0, 0.05) is 117 Å². The van der Waals surface area contributed by atoms with Crippen LogP contribution >= 0.6 is 0 Å². The normalized spacial score (nSPS) is 38.6. The first-order valence-corrected chi connectivity index (χ1v) is 38.1. The van der Waals surface area contributed by atoms with Gasteiger partial charge in [-0.2, -0.15) is 0 Å². The molecule has 6 aromatic carbocycles. The number of hydrogen-bond donors (Lipinski definition) is 8. The molecule has 8 N–H and O–H groups in total. The zero-order valence-electron chi connectivity index (χ0n) is 57.3. The molecule has 5 fully saturated rings. The number of nitrogens with one attached hydrogen (secondary N) is 1. The van der Waals surface area contributed by atoms with Crippen LogP contribution in [0.5, 0.6) is 23.0 Å². The molecule has 11 heteroatoms. The molecule has 101 heavy (non-hydrogen) atoms. The summed E-state index contributed by atoms with van der Waals surface area (Å²) in [6.45, 7) is -0.417. The molecule has 4 spiro atoms. The highest BCUT2D eigenvalue weighted by atomic mass is 16.5. The molecule has 20 rings (SSSR count). The minimum atomic E-state index is -1.35. The molecule has 0 radical (unpaired) electrons. The zero-order chi connectivity index (χ0) is 67.9. The maximum absolute atomic E-state index is 17.8. The van der Waals surface area contributed by atoms with Crippen LogP contribution in [0.2, 0.25) is 0 Å². The number of Topliss-reactive ketones (excluding diaryl/α,β-unsaturated/α-hetero) is 1. The predicted octanol–water partition coefficient (Wildman–Crippen LogP) is 13.8. The Morgan fingerprint density at radius 1 is 0.723 bits per heavy atom. The lowest BCUT2D eigenvalue weighted by Gasteiger charge is -2.77. The van der Waals surface area contributed by atoms with Gasteiger partial charge in [0.25, 0.3) is 0 Å². The fourth-order valence-electron chi connectivity index (χ4n) is 26.6. The SMILES string of the molecule is COc1cc(C2CC(=O)C3Cc4cc5cc6c4C4C#CCC7NC8CC9C(=C%10C=C(C(O)CC%10C%10=CC%11CCCC%11%12CC%109C9CC%12c%10cc(O)c(O)cc%10C89C(C3O)C7C#CC2Cc2ccccc2)C52CCCC(Cc3ccccc3)C2)n2cc3cccc(c3c2)C6CC4O)c(CO)cc1O. The molecule has 22 atom stereocenters. The molecular weight excluding hydrogens is 1250 g/mol. The van der Waals surface area contributed by atoms with Crippen molar-refractivity contribution in [3.05, 3.63) is 218 Å². The van der Waals surface area contributed by atoms with Crippen molar-refractivity contribution in [3.63, 3.8) is 0 Å². The average Bonchev–Trinajstić information content (AvgIpc) is 1.43. The summed E-state index contributed by atoms with van der Waals surface area (Å²) in [7, 11) is 1.52. The predicted molar refractivity (Wildman–Crippen MR) is 386 cm³/mol. The van der Waals surface area contributed by atoms with Crippen LogP contribution in [0.4, 0.5) is 0 Å². The number of fused-ring (bicyclic) bond motifs is 12. The van der Waals surface area contributed by atoms with Crippen molar-refractivity contribution < 1.29 is 45.3 Å². The van der Waals surface area contributed by atoms with Gasteiger partial charge in [0.15, 0.2) is 23.0 Å². The highest BCUT2D eigenvalue weighted by molar-refractivity contribution is 5.89. The van der Waals surface area contributed by atoms with E-state index in [1.54, 1.807) is 12.1 Å². The first-order chi connectivity index (χ1) is 49.2. The van der Waals surface area contributed by atoms with Gasteiger partial charge in [-0.25, -0.2) is 0 Å². The van der Waals surface area contributed by atoms with Crippen LogP contribution < -0.4 is 10.1 Å². The van der Waals surface area contributed by atoms with Crippen molar-refractivity contribution in [1.82, 2.24) is 9.88 Å². The Morgan fingerprint density at radius 3 is 2.36 bits per heavy atom. The van der Waals surface area contributed by atoms with Crippen LogP contribution in [0.25, 0.3) is 16.5 Å². The fourth-order valence-corrected chi connectivity index (χ4v) is 26.6. The number of carbonyl (C=O) groups excluding carboxylic acids is 1. The van der Waals surface area contributed by atoms with Gasteiger partial charge in [0.2, 0.25) is 0 Å². The Kier molecular flexibility index (Phi) is 13.4. The number of aromatic nitrogens is 1. The quantitative estimate of drug-likeness (QED) is 0.0434. The van der Waals surface area contributed by atoms with E-state index in [4.69, 9.17) is 4.74 Å². The molecule has 3 heterocycles. The summed E-state index contributed by atoms with van der Waals surface area (Å²) in [5.74, 6) is 11.0. The van der Waals surface area contributed by atoms with Crippen molar-refractivity contribution in [3.8, 4) is 46.7 Å². The molecule has 512 valence electrons. The maximum atomic E-state index is 17.8. The van der Waals surface area contributed by atoms with E-state index in [1.807, 2.05) is 30.3 Å². The van der Waals surface area contributed by atoms with Gasteiger partial charge in [-0.1, -0.05) is 146 Å². The first-order valence-electron chi connectivity index (χ1n) is 38.1. The van der Waals surface area contributed by atoms with Crippen molar-refractivity contribution in [2.24, 2.45) is 64.1 Å². The van der Waals surface area contributed by atoms with E-state index in [0.29, 0.717) is 43.2 Å². The number of rotatable bonds is 7. The third-order valence-electron chi connectivity index (χ3n) is 30.2. The number of aromatic hydroxyl groups is 3. The van der Waals surface area contributed by atoms with Crippen molar-refractivity contribution >= 4 is 22.3 Å². The smallest absolute Gasteiger partial charge is 0.160 e. The Bertz CT molecular complexity index is 4960. The summed E-state index contributed by atoms with van der Waals surface area (Å²) < 4.78 is 8.47. The van der Waals surface area contributed by atoms with Crippen LogP contribution in [0.3, 0.4) is 0 Å². The highest BCUT2D eigenvalue weighted by Crippen LogP contribution is 2.84. The molecule has 13 aliphatic rings. The molecular formula is C90H88N2O9. The van der Waals surface area contributed by atoms with E-state index in [-0.39, 0.29) is 94.5 Å². The van der Waals surface area contributed by atoms with Crippen LogP contribution in [0.1, 0.15) is 175 Å². The Hall–Kier alpha value is -8.13. The van der Waals surface area contributed by atoms with Crippen LogP contribution in [0, 0.1) is 87.8 Å². The van der Waals surface area contributed by atoms with Crippen molar-refractivity contribution in [1.29, 1.82) is 0 Å². The Labute approximate surface area is 590 Å². The van der Waals surface area contributed by atoms with Gasteiger partial charge >= 0.3 is 0 Å². The number of methoxy groups -OCH3 is 1. The highest BCUT2D eigenvalue weighted by Gasteiger charge is 2.79. The number of phenols is 3. The number of carbonyl (C=O) groups is 1. The van der Waals surface area contributed by atoms with Gasteiger partial charge in [-0.05, 0) is 203 Å². The number of ketones is 1. The molecule has 7 aromatic rings. The van der Waals surface area contributed by atoms with Gasteiger partial charge in [0.1, 0.15) is 5.78 Å². The number of aliphatic hydroxyl groups excluding tert-OH is 4. The van der Waals surface area contributed by atoms with Crippen LogP contribution in [-0.2, 0) is 41.5 Å². The fraction of sp³-hybridized carbons (Fsp3) is 0.456. The number of ether oxygens (including phenoxy) is 1. The third-order valence-corrected chi connectivity index (χ3v) is 30.2. The van der Waals surface area contributed by atoms with Gasteiger partial charge in [-0.15, -0.1) is 5.92 Å². The van der Waals surface area contributed by atoms with Gasteiger partial charge < -0.3 is 50.4 Å². The van der Waals surface area contributed by atoms with Crippen molar-refractivity contribution in [2.75, 3.05) is 7.11 Å². The monoisotopic (exact) mass is 1340 g/mol. The number of hydrogen-bond acceptors (Lipinski definition) is 10. The second-order valence-corrected chi connectivity index (χ2v) is 34.0. The number of piperidine rings is 1. The standard InChI is InChI=1S/C90H88N2O9/c1-101-80-38-60(53(45-93)30-79(80)99)59-34-75(95)66-29-52-28-55-31-63-61-35-74(94)58(83(52)63)20-9-21-73-57(23-22-50(59)27-48-14-6-3-7-15-48)84(86(66)100)90-70-39-78(98)77(97)37-65(70)68-40-81(90)89-46-88(68)25-11-18-54(88)32-69(89)62-36-76(96)71(87(55)24-10-16-49(42-87)26-47-12-4-2-5-13-47)33-64(62)85(72(89)41-82(90)91-73)92-43-51-17-8-19-56(61)67(51)44-92/h2-8,12-15,17,19,28,30-33,37-39,43-44,49-50,54,57-59,61-62,66,68,72-74,76,81-82,84,86,91,93-94,96-100H,10-11,16,18,21,24-27,29,34-36,40-42,45-46H2,1H3. The number of phenolic OH excluding ortho intramolecular Hbond substituents is 3. The van der Waals surface area contributed by atoms with Gasteiger partial charge in [-0.3, -0.25) is 4.79 Å². The molecule has 1 saturated heterocycles. The molecule has 4 saturated carbocycles. The lowest BCUT2D eigenvalue weighted by Crippen LogP contribution is -2.79. The van der Waals surface area contributed by atoms with E-state index >= 15 is 9.90 Å². The molecule has 11 nitrogen and oxygen atoms in total. The van der Waals surface area contributed by atoms with E-state index in [2.05, 4.69) is 131 Å². The number of aliphatic hydroxyl groups is 4.